The number of nitriles is 1. The smallest absolute Gasteiger partial charge is 0.221 e. The molecule has 0 unspecified atom stereocenters. The standard InChI is InChI=1S/C13H16FN3O/c1-9(2)17-13(18)5-6-16-11-4-3-10(8-15)12(14)7-11/h3-4,7,9,16H,5-6H2,1-2H3,(H,17,18). The topological polar surface area (TPSA) is 64.9 Å². The maximum absolute atomic E-state index is 13.3. The molecule has 1 rings (SSSR count). The average molecular weight is 249 g/mol. The molecule has 0 heterocycles. The third-order valence-corrected chi connectivity index (χ3v) is 2.22. The van der Waals surface area contributed by atoms with Crippen LogP contribution in [0.25, 0.3) is 0 Å². The summed E-state index contributed by atoms with van der Waals surface area (Å²) in [5.74, 6) is -0.610. The van der Waals surface area contributed by atoms with Crippen LogP contribution in [0.4, 0.5) is 10.1 Å². The van der Waals surface area contributed by atoms with Crippen molar-refractivity contribution in [3.8, 4) is 6.07 Å². The van der Waals surface area contributed by atoms with Crippen molar-refractivity contribution in [3.63, 3.8) is 0 Å². The van der Waals surface area contributed by atoms with Gasteiger partial charge in [0.1, 0.15) is 11.9 Å². The molecule has 0 aliphatic rings. The van der Waals surface area contributed by atoms with Crippen LogP contribution in [-0.4, -0.2) is 18.5 Å². The lowest BCUT2D eigenvalue weighted by Crippen LogP contribution is -2.31. The Hall–Kier alpha value is -2.09. The van der Waals surface area contributed by atoms with Gasteiger partial charge >= 0.3 is 0 Å². The highest BCUT2D eigenvalue weighted by molar-refractivity contribution is 5.76. The summed E-state index contributed by atoms with van der Waals surface area (Å²) in [6.07, 6.45) is 0.319. The monoisotopic (exact) mass is 249 g/mol. The first-order valence-corrected chi connectivity index (χ1v) is 5.76. The summed E-state index contributed by atoms with van der Waals surface area (Å²) in [5.41, 5.74) is 0.571. The number of carbonyl (C=O) groups excluding carboxylic acids is 1. The molecule has 0 fully saturated rings. The van der Waals surface area contributed by atoms with Gasteiger partial charge in [0.25, 0.3) is 0 Å². The zero-order chi connectivity index (χ0) is 13.5. The van der Waals surface area contributed by atoms with Gasteiger partial charge in [0.05, 0.1) is 5.56 Å². The number of rotatable bonds is 5. The lowest BCUT2D eigenvalue weighted by atomic mass is 10.2. The van der Waals surface area contributed by atoms with Crippen molar-refractivity contribution in [3.05, 3.63) is 29.6 Å². The van der Waals surface area contributed by atoms with Crippen molar-refractivity contribution in [2.75, 3.05) is 11.9 Å². The van der Waals surface area contributed by atoms with E-state index < -0.39 is 5.82 Å². The minimum Gasteiger partial charge on any atom is -0.384 e. The molecule has 2 N–H and O–H groups in total. The second-order valence-corrected chi connectivity index (χ2v) is 4.21. The summed E-state index contributed by atoms with van der Waals surface area (Å²) >= 11 is 0. The van der Waals surface area contributed by atoms with E-state index in [1.165, 1.54) is 12.1 Å². The number of nitrogens with one attached hydrogen (secondary N) is 2. The van der Waals surface area contributed by atoms with Gasteiger partial charge < -0.3 is 10.6 Å². The van der Waals surface area contributed by atoms with E-state index in [2.05, 4.69) is 10.6 Å². The van der Waals surface area contributed by atoms with Crippen molar-refractivity contribution in [1.82, 2.24) is 5.32 Å². The Morgan fingerprint density at radius 3 is 2.78 bits per heavy atom. The SMILES string of the molecule is CC(C)NC(=O)CCNc1ccc(C#N)c(F)c1. The van der Waals surface area contributed by atoms with Crippen LogP contribution in [0.1, 0.15) is 25.8 Å². The van der Waals surface area contributed by atoms with Gasteiger partial charge in [0.15, 0.2) is 0 Å². The average Bonchev–Trinajstić information content (AvgIpc) is 2.28. The number of anilines is 1. The molecular formula is C13H16FN3O. The highest BCUT2D eigenvalue weighted by Crippen LogP contribution is 2.13. The van der Waals surface area contributed by atoms with Crippen LogP contribution in [-0.2, 0) is 4.79 Å². The summed E-state index contributed by atoms with van der Waals surface area (Å²) in [6.45, 7) is 4.20. The molecule has 96 valence electrons. The van der Waals surface area contributed by atoms with Gasteiger partial charge in [-0.15, -0.1) is 0 Å². The van der Waals surface area contributed by atoms with Crippen LogP contribution < -0.4 is 10.6 Å². The van der Waals surface area contributed by atoms with Crippen molar-refractivity contribution in [2.24, 2.45) is 0 Å². The maximum Gasteiger partial charge on any atom is 0.221 e. The highest BCUT2D eigenvalue weighted by Gasteiger charge is 2.04. The lowest BCUT2D eigenvalue weighted by Gasteiger charge is -2.09. The van der Waals surface area contributed by atoms with Crippen LogP contribution in [0.3, 0.4) is 0 Å². The van der Waals surface area contributed by atoms with E-state index in [0.29, 0.717) is 18.7 Å². The van der Waals surface area contributed by atoms with Gasteiger partial charge in [0, 0.05) is 24.7 Å². The molecule has 0 aliphatic heterocycles. The van der Waals surface area contributed by atoms with Crippen LogP contribution in [0.15, 0.2) is 18.2 Å². The lowest BCUT2D eigenvalue weighted by molar-refractivity contribution is -0.121. The first-order chi connectivity index (χ1) is 8.52. The number of benzene rings is 1. The predicted octanol–water partition coefficient (Wildman–Crippen LogP) is 2.02. The predicted molar refractivity (Wildman–Crippen MR) is 67.5 cm³/mol. The molecule has 0 saturated heterocycles. The van der Waals surface area contributed by atoms with E-state index in [-0.39, 0.29) is 17.5 Å². The number of hydrogen-bond donors (Lipinski definition) is 2. The largest absolute Gasteiger partial charge is 0.384 e. The summed E-state index contributed by atoms with van der Waals surface area (Å²) in [4.78, 5) is 11.3. The highest BCUT2D eigenvalue weighted by atomic mass is 19.1. The molecule has 0 spiro atoms. The zero-order valence-electron chi connectivity index (χ0n) is 10.5. The number of nitrogens with zero attached hydrogens (tertiary/aromatic N) is 1. The summed E-state index contributed by atoms with van der Waals surface area (Å²) in [6, 6.07) is 6.14. The van der Waals surface area contributed by atoms with Gasteiger partial charge in [-0.25, -0.2) is 4.39 Å². The van der Waals surface area contributed by atoms with Crippen LogP contribution >= 0.6 is 0 Å². The molecule has 1 aromatic rings. The molecule has 5 heteroatoms. The normalized spacial score (nSPS) is 9.94. The van der Waals surface area contributed by atoms with E-state index in [9.17, 15) is 9.18 Å². The Labute approximate surface area is 106 Å². The van der Waals surface area contributed by atoms with Gasteiger partial charge in [-0.05, 0) is 32.0 Å². The molecule has 4 nitrogen and oxygen atoms in total. The van der Waals surface area contributed by atoms with Crippen LogP contribution in [0.2, 0.25) is 0 Å². The second-order valence-electron chi connectivity index (χ2n) is 4.21. The molecule has 1 aromatic carbocycles. The molecule has 0 radical (unpaired) electrons. The van der Waals surface area contributed by atoms with Crippen molar-refractivity contribution >= 4 is 11.6 Å². The maximum atomic E-state index is 13.3. The van der Waals surface area contributed by atoms with Gasteiger partial charge in [-0.1, -0.05) is 0 Å². The molecule has 0 aliphatic carbocycles. The summed E-state index contributed by atoms with van der Waals surface area (Å²) in [7, 11) is 0. The summed E-state index contributed by atoms with van der Waals surface area (Å²) in [5, 5.41) is 14.3. The number of amides is 1. The van der Waals surface area contributed by atoms with Gasteiger partial charge in [-0.3, -0.25) is 4.79 Å². The molecule has 0 atom stereocenters. The van der Waals surface area contributed by atoms with E-state index in [1.54, 1.807) is 12.1 Å². The van der Waals surface area contributed by atoms with E-state index >= 15 is 0 Å². The first-order valence-electron chi connectivity index (χ1n) is 5.76. The van der Waals surface area contributed by atoms with E-state index in [1.807, 2.05) is 13.8 Å². The number of hydrogen-bond acceptors (Lipinski definition) is 3. The third kappa shape index (κ3) is 4.42. The van der Waals surface area contributed by atoms with Crippen molar-refractivity contribution in [1.29, 1.82) is 5.26 Å². The Kier molecular flexibility index (Phi) is 5.12. The van der Waals surface area contributed by atoms with Crippen molar-refractivity contribution in [2.45, 2.75) is 26.3 Å². The fourth-order valence-electron chi connectivity index (χ4n) is 1.43. The van der Waals surface area contributed by atoms with Crippen LogP contribution in [0.5, 0.6) is 0 Å². The van der Waals surface area contributed by atoms with Gasteiger partial charge in [-0.2, -0.15) is 5.26 Å². The van der Waals surface area contributed by atoms with E-state index in [0.717, 1.165) is 0 Å². The van der Waals surface area contributed by atoms with E-state index in [4.69, 9.17) is 5.26 Å². The molecular weight excluding hydrogens is 233 g/mol. The number of carbonyl (C=O) groups is 1. The Morgan fingerprint density at radius 2 is 2.22 bits per heavy atom. The minimum absolute atomic E-state index is 0.0121. The fourth-order valence-corrected chi connectivity index (χ4v) is 1.43. The Balaban J connectivity index is 2.43. The van der Waals surface area contributed by atoms with Gasteiger partial charge in [0.2, 0.25) is 5.91 Å². The van der Waals surface area contributed by atoms with Crippen molar-refractivity contribution < 1.29 is 9.18 Å². The summed E-state index contributed by atoms with van der Waals surface area (Å²) < 4.78 is 13.3. The fraction of sp³-hybridized carbons (Fsp3) is 0.385. The molecule has 18 heavy (non-hydrogen) atoms. The molecule has 0 saturated carbocycles. The molecule has 0 bridgehead atoms. The van der Waals surface area contributed by atoms with Crippen LogP contribution in [0, 0.1) is 17.1 Å². The Bertz CT molecular complexity index is 466. The quantitative estimate of drug-likeness (QED) is 0.839. The minimum atomic E-state index is -0.561. The first kappa shape index (κ1) is 14.0. The second kappa shape index (κ2) is 6.60. The molecule has 0 aromatic heterocycles. The third-order valence-electron chi connectivity index (χ3n) is 2.22. The Morgan fingerprint density at radius 1 is 1.50 bits per heavy atom. The number of halogens is 1. The molecule has 1 amide bonds. The zero-order valence-corrected chi connectivity index (χ0v) is 10.5.